The SMILES string of the molecule is CC(C)=CCCC(C)CN1C(=O)O[C@@H](c2ccccc2)C1c1ccccc1. The number of cyclic esters (lactones) is 1. The van der Waals surface area contributed by atoms with Gasteiger partial charge in [0.25, 0.3) is 0 Å². The van der Waals surface area contributed by atoms with Crippen molar-refractivity contribution in [2.24, 2.45) is 5.92 Å². The van der Waals surface area contributed by atoms with E-state index in [1.54, 1.807) is 0 Å². The number of rotatable bonds is 7. The molecular weight excluding hydrogens is 334 g/mol. The monoisotopic (exact) mass is 363 g/mol. The van der Waals surface area contributed by atoms with Crippen LogP contribution in [0.5, 0.6) is 0 Å². The van der Waals surface area contributed by atoms with Gasteiger partial charge >= 0.3 is 6.09 Å². The van der Waals surface area contributed by atoms with Crippen LogP contribution in [0.15, 0.2) is 72.3 Å². The molecule has 0 N–H and O–H groups in total. The molecule has 0 spiro atoms. The third-order valence-electron chi connectivity index (χ3n) is 5.07. The molecule has 1 aliphatic heterocycles. The lowest BCUT2D eigenvalue weighted by Gasteiger charge is -2.27. The summed E-state index contributed by atoms with van der Waals surface area (Å²) in [5, 5.41) is 0. The molecule has 3 heteroatoms. The number of nitrogens with zero attached hydrogens (tertiary/aromatic N) is 1. The zero-order chi connectivity index (χ0) is 19.2. The second-order valence-electron chi connectivity index (χ2n) is 7.69. The van der Waals surface area contributed by atoms with Crippen molar-refractivity contribution in [3.05, 3.63) is 83.4 Å². The molecule has 1 amide bonds. The molecule has 0 saturated carbocycles. The predicted molar refractivity (Wildman–Crippen MR) is 109 cm³/mol. The highest BCUT2D eigenvalue weighted by Crippen LogP contribution is 2.43. The molecular formula is C24H29NO2. The van der Waals surface area contributed by atoms with Crippen molar-refractivity contribution in [3.8, 4) is 0 Å². The minimum Gasteiger partial charge on any atom is -0.439 e. The van der Waals surface area contributed by atoms with Crippen molar-refractivity contribution in [2.75, 3.05) is 6.54 Å². The second kappa shape index (κ2) is 8.90. The van der Waals surface area contributed by atoms with Crippen LogP contribution in [0.3, 0.4) is 0 Å². The molecule has 142 valence electrons. The summed E-state index contributed by atoms with van der Waals surface area (Å²) in [6.07, 6.45) is 3.88. The molecule has 1 saturated heterocycles. The van der Waals surface area contributed by atoms with Crippen LogP contribution in [0.1, 0.15) is 56.9 Å². The molecule has 3 atom stereocenters. The molecule has 2 unspecified atom stereocenters. The fourth-order valence-corrected chi connectivity index (χ4v) is 3.69. The Morgan fingerprint density at radius 1 is 1.04 bits per heavy atom. The molecule has 0 aliphatic carbocycles. The summed E-state index contributed by atoms with van der Waals surface area (Å²) in [6.45, 7) is 7.17. The fourth-order valence-electron chi connectivity index (χ4n) is 3.69. The number of amides is 1. The molecule has 2 aromatic rings. The molecule has 0 bridgehead atoms. The van der Waals surface area contributed by atoms with Gasteiger partial charge in [0, 0.05) is 6.54 Å². The van der Waals surface area contributed by atoms with Crippen molar-refractivity contribution in [2.45, 2.75) is 45.8 Å². The van der Waals surface area contributed by atoms with Gasteiger partial charge in [-0.25, -0.2) is 4.79 Å². The number of ether oxygens (including phenoxy) is 1. The Morgan fingerprint density at radius 3 is 2.22 bits per heavy atom. The Kier molecular flexibility index (Phi) is 6.33. The second-order valence-corrected chi connectivity index (χ2v) is 7.69. The summed E-state index contributed by atoms with van der Waals surface area (Å²) in [7, 11) is 0. The van der Waals surface area contributed by atoms with E-state index in [-0.39, 0.29) is 18.2 Å². The molecule has 0 aromatic heterocycles. The Balaban J connectivity index is 1.83. The van der Waals surface area contributed by atoms with Gasteiger partial charge in [-0.15, -0.1) is 0 Å². The highest BCUT2D eigenvalue weighted by molar-refractivity contribution is 5.71. The quantitative estimate of drug-likeness (QED) is 0.540. The van der Waals surface area contributed by atoms with Crippen molar-refractivity contribution in [3.63, 3.8) is 0 Å². The van der Waals surface area contributed by atoms with Crippen LogP contribution in [0.4, 0.5) is 4.79 Å². The van der Waals surface area contributed by atoms with Gasteiger partial charge in [-0.2, -0.15) is 0 Å². The average molecular weight is 364 g/mol. The van der Waals surface area contributed by atoms with E-state index in [4.69, 9.17) is 4.74 Å². The maximum absolute atomic E-state index is 12.8. The van der Waals surface area contributed by atoms with Crippen LogP contribution in [-0.4, -0.2) is 17.5 Å². The van der Waals surface area contributed by atoms with Gasteiger partial charge in [0.15, 0.2) is 6.10 Å². The van der Waals surface area contributed by atoms with E-state index in [0.29, 0.717) is 12.5 Å². The standard InChI is InChI=1S/C24H29NO2/c1-18(2)11-10-12-19(3)17-25-22(20-13-6-4-7-14-20)23(27-24(25)26)21-15-8-5-9-16-21/h4-9,11,13-16,19,22-23H,10,12,17H2,1-3H3/t19?,22?,23-/m0/s1. The third-order valence-corrected chi connectivity index (χ3v) is 5.07. The van der Waals surface area contributed by atoms with E-state index in [2.05, 4.69) is 39.0 Å². The zero-order valence-corrected chi connectivity index (χ0v) is 16.5. The molecule has 1 fully saturated rings. The Bertz CT molecular complexity index is 765. The van der Waals surface area contributed by atoms with Crippen molar-refractivity contribution in [1.29, 1.82) is 0 Å². The van der Waals surface area contributed by atoms with E-state index in [9.17, 15) is 4.79 Å². The molecule has 2 aromatic carbocycles. The molecule has 1 heterocycles. The predicted octanol–water partition coefficient (Wildman–Crippen LogP) is 6.30. The third kappa shape index (κ3) is 4.79. The van der Waals surface area contributed by atoms with Gasteiger partial charge in [0.05, 0.1) is 0 Å². The highest BCUT2D eigenvalue weighted by Gasteiger charge is 2.43. The fraction of sp³-hybridized carbons (Fsp3) is 0.375. The first-order valence-electron chi connectivity index (χ1n) is 9.76. The summed E-state index contributed by atoms with van der Waals surface area (Å²) in [5.41, 5.74) is 3.50. The molecule has 1 aliphatic rings. The summed E-state index contributed by atoms with van der Waals surface area (Å²) < 4.78 is 5.85. The van der Waals surface area contributed by atoms with Crippen LogP contribution < -0.4 is 0 Å². The van der Waals surface area contributed by atoms with E-state index in [1.165, 1.54) is 5.57 Å². The van der Waals surface area contributed by atoms with E-state index < -0.39 is 0 Å². The van der Waals surface area contributed by atoms with E-state index >= 15 is 0 Å². The topological polar surface area (TPSA) is 29.5 Å². The van der Waals surface area contributed by atoms with Gasteiger partial charge in [0.2, 0.25) is 0 Å². The summed E-state index contributed by atoms with van der Waals surface area (Å²) in [4.78, 5) is 14.7. The van der Waals surface area contributed by atoms with E-state index in [1.807, 2.05) is 53.4 Å². The molecule has 3 nitrogen and oxygen atoms in total. The molecule has 3 rings (SSSR count). The van der Waals surface area contributed by atoms with Gasteiger partial charge in [-0.05, 0) is 43.7 Å². The first kappa shape index (κ1) is 19.2. The maximum atomic E-state index is 12.8. The van der Waals surface area contributed by atoms with Crippen LogP contribution in [0.2, 0.25) is 0 Å². The highest BCUT2D eigenvalue weighted by atomic mass is 16.6. The minimum atomic E-state index is -0.272. The zero-order valence-electron chi connectivity index (χ0n) is 16.5. The number of carbonyl (C=O) groups excluding carboxylic acids is 1. The number of carbonyl (C=O) groups is 1. The van der Waals surface area contributed by atoms with Crippen molar-refractivity contribution in [1.82, 2.24) is 4.90 Å². The lowest BCUT2D eigenvalue weighted by molar-refractivity contribution is 0.129. The summed E-state index contributed by atoms with van der Waals surface area (Å²) in [5.74, 6) is 0.411. The average Bonchev–Trinajstić information content (AvgIpc) is 2.99. The summed E-state index contributed by atoms with van der Waals surface area (Å²) >= 11 is 0. The number of benzene rings is 2. The van der Waals surface area contributed by atoms with Crippen LogP contribution in [-0.2, 0) is 4.74 Å². The Hall–Kier alpha value is -2.55. The van der Waals surface area contributed by atoms with Crippen molar-refractivity contribution < 1.29 is 9.53 Å². The Morgan fingerprint density at radius 2 is 1.63 bits per heavy atom. The van der Waals surface area contributed by atoms with Gasteiger partial charge in [0.1, 0.15) is 6.04 Å². The number of hydrogen-bond donors (Lipinski definition) is 0. The van der Waals surface area contributed by atoms with Crippen LogP contribution in [0.25, 0.3) is 0 Å². The smallest absolute Gasteiger partial charge is 0.411 e. The largest absolute Gasteiger partial charge is 0.439 e. The maximum Gasteiger partial charge on any atom is 0.411 e. The number of allylic oxidation sites excluding steroid dienone is 2. The van der Waals surface area contributed by atoms with Crippen molar-refractivity contribution >= 4 is 6.09 Å². The lowest BCUT2D eigenvalue weighted by Crippen LogP contribution is -2.32. The van der Waals surface area contributed by atoms with E-state index in [0.717, 1.165) is 24.0 Å². The first-order valence-corrected chi connectivity index (χ1v) is 9.76. The first-order chi connectivity index (χ1) is 13.1. The van der Waals surface area contributed by atoms with Crippen LogP contribution >= 0.6 is 0 Å². The Labute approximate surface area is 162 Å². The molecule has 27 heavy (non-hydrogen) atoms. The minimum absolute atomic E-state index is 0.0907. The van der Waals surface area contributed by atoms with Gasteiger partial charge in [-0.1, -0.05) is 79.2 Å². The lowest BCUT2D eigenvalue weighted by atomic mass is 9.94. The van der Waals surface area contributed by atoms with Gasteiger partial charge in [-0.3, -0.25) is 4.90 Å². The number of hydrogen-bond acceptors (Lipinski definition) is 2. The molecule has 0 radical (unpaired) electrons. The van der Waals surface area contributed by atoms with Gasteiger partial charge < -0.3 is 4.74 Å². The normalized spacial score (nSPS) is 20.3. The van der Waals surface area contributed by atoms with Crippen LogP contribution in [0, 0.1) is 5.92 Å². The summed E-state index contributed by atoms with van der Waals surface area (Å²) in [6, 6.07) is 20.2.